The van der Waals surface area contributed by atoms with E-state index in [1.54, 1.807) is 34.6 Å². The van der Waals surface area contributed by atoms with Crippen molar-refractivity contribution in [3.05, 3.63) is 0 Å². The molecule has 0 rings (SSSR count). The van der Waals surface area contributed by atoms with Crippen LogP contribution in [-0.2, 0) is 23.8 Å². The Morgan fingerprint density at radius 3 is 1.90 bits per heavy atom. The Bertz CT molecular complexity index is 277. The molecule has 2 atom stereocenters. The zero-order valence-corrected chi connectivity index (χ0v) is 13.4. The van der Waals surface area contributed by atoms with Gasteiger partial charge in [-0.15, -0.1) is 0 Å². The van der Waals surface area contributed by atoms with Crippen LogP contribution in [0.4, 0.5) is 0 Å². The topological polar surface area (TPSA) is 82.1 Å². The fraction of sp³-hybridized carbons (Fsp3) is 0.857. The van der Waals surface area contributed by atoms with Crippen LogP contribution in [0.2, 0.25) is 0 Å². The molecule has 120 valence electrons. The normalized spacial score (nSPS) is 14.5. The molecule has 0 aliphatic carbocycles. The Balaban J connectivity index is 0. The van der Waals surface area contributed by atoms with Crippen molar-refractivity contribution in [3.63, 3.8) is 0 Å². The van der Waals surface area contributed by atoms with Gasteiger partial charge in [0, 0.05) is 13.2 Å². The van der Waals surface area contributed by atoms with Crippen molar-refractivity contribution in [2.45, 2.75) is 59.7 Å². The van der Waals surface area contributed by atoms with Crippen LogP contribution in [0.5, 0.6) is 0 Å². The highest BCUT2D eigenvalue weighted by atomic mass is 16.6. The summed E-state index contributed by atoms with van der Waals surface area (Å²) in [6, 6.07) is 0. The molecule has 20 heavy (non-hydrogen) atoms. The Morgan fingerprint density at radius 2 is 1.65 bits per heavy atom. The van der Waals surface area contributed by atoms with Crippen molar-refractivity contribution in [1.82, 2.24) is 0 Å². The zero-order chi connectivity index (χ0) is 16.2. The highest BCUT2D eigenvalue weighted by Crippen LogP contribution is 2.14. The summed E-state index contributed by atoms with van der Waals surface area (Å²) in [5.74, 6) is -1.18. The number of rotatable bonds is 8. The van der Waals surface area contributed by atoms with Gasteiger partial charge >= 0.3 is 11.9 Å². The van der Waals surface area contributed by atoms with Gasteiger partial charge in [0.15, 0.2) is 11.7 Å². The van der Waals surface area contributed by atoms with Gasteiger partial charge in [-0.2, -0.15) is 0 Å². The Hall–Kier alpha value is -1.14. The van der Waals surface area contributed by atoms with Crippen LogP contribution in [0.1, 0.15) is 48.0 Å². The lowest BCUT2D eigenvalue weighted by atomic mass is 10.0. The van der Waals surface area contributed by atoms with Crippen LogP contribution in [0.3, 0.4) is 0 Å². The Morgan fingerprint density at radius 1 is 1.10 bits per heavy atom. The van der Waals surface area contributed by atoms with Crippen molar-refractivity contribution < 1.29 is 28.9 Å². The summed E-state index contributed by atoms with van der Waals surface area (Å²) in [5.41, 5.74) is -0.991. The molecule has 0 radical (unpaired) electrons. The van der Waals surface area contributed by atoms with Crippen molar-refractivity contribution in [2.24, 2.45) is 0 Å². The maximum atomic E-state index is 10.8. The van der Waals surface area contributed by atoms with Gasteiger partial charge in [0.1, 0.15) is 0 Å². The van der Waals surface area contributed by atoms with E-state index in [4.69, 9.17) is 19.3 Å². The average molecular weight is 292 g/mol. The first-order valence-corrected chi connectivity index (χ1v) is 6.94. The molecule has 1 N–H and O–H groups in total. The molecule has 0 aliphatic heterocycles. The predicted octanol–water partition coefficient (Wildman–Crippen LogP) is 2.25. The number of carbonyl (C=O) groups excluding carboxylic acids is 1. The van der Waals surface area contributed by atoms with Crippen LogP contribution in [-0.4, -0.2) is 48.6 Å². The number of esters is 1. The van der Waals surface area contributed by atoms with E-state index in [2.05, 4.69) is 0 Å². The van der Waals surface area contributed by atoms with Gasteiger partial charge in [0.2, 0.25) is 0 Å². The third-order valence-electron chi connectivity index (χ3n) is 2.63. The van der Waals surface area contributed by atoms with Gasteiger partial charge in [-0.05, 0) is 41.0 Å². The fourth-order valence-corrected chi connectivity index (χ4v) is 1.21. The molecule has 0 saturated heterocycles. The molecule has 2 unspecified atom stereocenters. The second-order valence-electron chi connectivity index (χ2n) is 4.17. The minimum Gasteiger partial charge on any atom is -0.479 e. The summed E-state index contributed by atoms with van der Waals surface area (Å²) < 4.78 is 14.7. The number of carboxylic acid groups (broad SMARTS) is 1. The smallest absolute Gasteiger partial charge is 0.335 e. The lowest BCUT2D eigenvalue weighted by molar-refractivity contribution is -0.163. The molecule has 6 heteroatoms. The predicted molar refractivity (Wildman–Crippen MR) is 75.7 cm³/mol. The minimum absolute atomic E-state index is 0.288. The molecule has 0 aromatic rings. The molecular formula is C14H28O6. The minimum atomic E-state index is -0.991. The van der Waals surface area contributed by atoms with Crippen molar-refractivity contribution in [1.29, 1.82) is 0 Å². The van der Waals surface area contributed by atoms with Crippen LogP contribution in [0.15, 0.2) is 0 Å². The first kappa shape index (κ1) is 21.2. The first-order valence-electron chi connectivity index (χ1n) is 6.94. The largest absolute Gasteiger partial charge is 0.479 e. The highest BCUT2D eigenvalue weighted by Gasteiger charge is 2.31. The summed E-state index contributed by atoms with van der Waals surface area (Å²) in [6.45, 7) is 11.9. The maximum Gasteiger partial charge on any atom is 0.335 e. The third kappa shape index (κ3) is 8.87. The molecule has 0 aliphatic rings. The van der Waals surface area contributed by atoms with Gasteiger partial charge in [-0.1, -0.05) is 6.92 Å². The molecule has 0 aromatic heterocycles. The van der Waals surface area contributed by atoms with E-state index in [0.29, 0.717) is 26.2 Å². The van der Waals surface area contributed by atoms with Crippen LogP contribution >= 0.6 is 0 Å². The van der Waals surface area contributed by atoms with Crippen LogP contribution < -0.4 is 0 Å². The van der Waals surface area contributed by atoms with E-state index in [0.717, 1.165) is 0 Å². The standard InChI is InChI=1S/2C7H14O3/c1-4-7(3,6(8)9)10-5-2;1-4-9-6(3)7(8)10-5-2/h4-5H2,1-3H3,(H,8,9);6H,4-5H2,1-3H3. The molecule has 0 fully saturated rings. The van der Waals surface area contributed by atoms with Crippen LogP contribution in [0.25, 0.3) is 0 Å². The second kappa shape index (κ2) is 11.7. The molecular weight excluding hydrogens is 264 g/mol. The SMILES string of the molecule is CCOC(=O)C(C)OCC.CCOC(C)(CC)C(=O)O. The molecule has 0 spiro atoms. The van der Waals surface area contributed by atoms with E-state index in [1.807, 2.05) is 6.92 Å². The van der Waals surface area contributed by atoms with Gasteiger partial charge in [-0.3, -0.25) is 0 Å². The quantitative estimate of drug-likeness (QED) is 0.691. The molecule has 0 amide bonds. The van der Waals surface area contributed by atoms with E-state index >= 15 is 0 Å². The third-order valence-corrected chi connectivity index (χ3v) is 2.63. The number of carbonyl (C=O) groups is 2. The molecule has 6 nitrogen and oxygen atoms in total. The second-order valence-corrected chi connectivity index (χ2v) is 4.17. The van der Waals surface area contributed by atoms with Gasteiger partial charge in [0.05, 0.1) is 6.61 Å². The zero-order valence-electron chi connectivity index (χ0n) is 13.4. The summed E-state index contributed by atoms with van der Waals surface area (Å²) in [6.07, 6.45) is 0.0702. The Labute approximate surface area is 121 Å². The fourth-order valence-electron chi connectivity index (χ4n) is 1.21. The monoisotopic (exact) mass is 292 g/mol. The number of hydrogen-bond donors (Lipinski definition) is 1. The number of carboxylic acids is 1. The van der Waals surface area contributed by atoms with E-state index in [9.17, 15) is 9.59 Å². The van der Waals surface area contributed by atoms with E-state index in [1.165, 1.54) is 0 Å². The van der Waals surface area contributed by atoms with Crippen molar-refractivity contribution >= 4 is 11.9 Å². The average Bonchev–Trinajstić information content (AvgIpc) is 2.40. The van der Waals surface area contributed by atoms with E-state index in [-0.39, 0.29) is 5.97 Å². The highest BCUT2D eigenvalue weighted by molar-refractivity contribution is 5.76. The number of hydrogen-bond acceptors (Lipinski definition) is 5. The molecule has 0 heterocycles. The number of ether oxygens (including phenoxy) is 3. The first-order chi connectivity index (χ1) is 9.28. The molecule has 0 bridgehead atoms. The van der Waals surface area contributed by atoms with Gasteiger partial charge in [0.25, 0.3) is 0 Å². The molecule has 0 saturated carbocycles. The van der Waals surface area contributed by atoms with Gasteiger partial charge in [-0.25, -0.2) is 9.59 Å². The summed E-state index contributed by atoms with van der Waals surface area (Å²) in [5, 5.41) is 8.64. The maximum absolute atomic E-state index is 10.8. The number of aliphatic carboxylic acids is 1. The summed E-state index contributed by atoms with van der Waals surface area (Å²) in [7, 11) is 0. The lowest BCUT2D eigenvalue weighted by Gasteiger charge is -2.22. The Kier molecular flexibility index (Phi) is 12.3. The van der Waals surface area contributed by atoms with Gasteiger partial charge < -0.3 is 19.3 Å². The van der Waals surface area contributed by atoms with Crippen molar-refractivity contribution in [3.8, 4) is 0 Å². The summed E-state index contributed by atoms with van der Waals surface area (Å²) >= 11 is 0. The van der Waals surface area contributed by atoms with E-state index < -0.39 is 17.7 Å². The summed E-state index contributed by atoms with van der Waals surface area (Å²) in [4.78, 5) is 21.3. The lowest BCUT2D eigenvalue weighted by Crippen LogP contribution is -2.37. The molecule has 0 aromatic carbocycles. The van der Waals surface area contributed by atoms with Crippen molar-refractivity contribution in [2.75, 3.05) is 19.8 Å². The van der Waals surface area contributed by atoms with Crippen LogP contribution in [0, 0.1) is 0 Å².